The molecule has 0 aliphatic carbocycles. The maximum atomic E-state index is 12.5. The summed E-state index contributed by atoms with van der Waals surface area (Å²) in [6.45, 7) is -0.534. The molecule has 0 spiro atoms. The van der Waals surface area contributed by atoms with Gasteiger partial charge in [0.25, 0.3) is 0 Å². The molecule has 0 aliphatic heterocycles. The summed E-state index contributed by atoms with van der Waals surface area (Å²) in [4.78, 5) is 2.34. The molecular weight excluding hydrogens is 267 g/mol. The number of alkyl halides is 3. The van der Waals surface area contributed by atoms with Crippen molar-refractivity contribution >= 4 is 0 Å². The zero-order valence-electron chi connectivity index (χ0n) is 9.41. The Kier molecular flexibility index (Phi) is 4.60. The molecule has 0 bridgehead atoms. The molecular formula is C10H10F3N3O3. The largest absolute Gasteiger partial charge is 0.508 e. The fourth-order valence-corrected chi connectivity index (χ4v) is 1.40. The van der Waals surface area contributed by atoms with Crippen LogP contribution in [0.1, 0.15) is 17.2 Å². The van der Waals surface area contributed by atoms with Gasteiger partial charge < -0.3 is 15.3 Å². The van der Waals surface area contributed by atoms with Crippen LogP contribution in [0.25, 0.3) is 10.4 Å². The number of hydrogen-bond donors (Lipinski definition) is 3. The van der Waals surface area contributed by atoms with Crippen molar-refractivity contribution in [2.75, 3.05) is 6.54 Å². The van der Waals surface area contributed by atoms with Crippen molar-refractivity contribution in [2.24, 2.45) is 5.11 Å². The normalized spacial score (nSPS) is 14.6. The van der Waals surface area contributed by atoms with Crippen LogP contribution in [0.4, 0.5) is 13.2 Å². The van der Waals surface area contributed by atoms with Gasteiger partial charge >= 0.3 is 6.18 Å². The van der Waals surface area contributed by atoms with Crippen LogP contribution in [0.15, 0.2) is 23.3 Å². The molecule has 2 atom stereocenters. The number of aliphatic hydroxyl groups is 2. The fraction of sp³-hybridized carbons (Fsp3) is 0.400. The summed E-state index contributed by atoms with van der Waals surface area (Å²) >= 11 is 0. The lowest BCUT2D eigenvalue weighted by atomic mass is 10.0. The van der Waals surface area contributed by atoms with E-state index in [4.69, 9.17) is 5.53 Å². The summed E-state index contributed by atoms with van der Waals surface area (Å²) < 4.78 is 37.4. The number of rotatable bonds is 4. The maximum absolute atomic E-state index is 12.5. The minimum atomic E-state index is -4.64. The second kappa shape index (κ2) is 5.79. The highest BCUT2D eigenvalue weighted by Gasteiger charge is 2.32. The summed E-state index contributed by atoms with van der Waals surface area (Å²) in [7, 11) is 0. The van der Waals surface area contributed by atoms with E-state index in [9.17, 15) is 28.5 Å². The Bertz CT molecular complexity index is 501. The van der Waals surface area contributed by atoms with E-state index in [1.807, 2.05) is 0 Å². The molecule has 1 rings (SSSR count). The summed E-state index contributed by atoms with van der Waals surface area (Å²) in [6, 6.07) is 1.94. The standard InChI is InChI=1S/C10H10F3N3O3/c11-10(12,13)5-1-2-7(17)6(3-5)9(19)8(18)4-15-16-14/h1-3,8-9,17-19H,4H2. The van der Waals surface area contributed by atoms with E-state index in [0.717, 1.165) is 6.07 Å². The van der Waals surface area contributed by atoms with Gasteiger partial charge in [0, 0.05) is 10.5 Å². The number of aromatic hydroxyl groups is 1. The molecule has 0 saturated carbocycles. The first-order valence-corrected chi connectivity index (χ1v) is 5.04. The first-order chi connectivity index (χ1) is 8.77. The van der Waals surface area contributed by atoms with Crippen LogP contribution in [0.2, 0.25) is 0 Å². The van der Waals surface area contributed by atoms with E-state index in [1.54, 1.807) is 0 Å². The lowest BCUT2D eigenvalue weighted by molar-refractivity contribution is -0.137. The molecule has 2 unspecified atom stereocenters. The highest BCUT2D eigenvalue weighted by Crippen LogP contribution is 2.35. The Hall–Kier alpha value is -1.96. The zero-order valence-corrected chi connectivity index (χ0v) is 9.41. The molecule has 104 valence electrons. The molecule has 9 heteroatoms. The molecule has 0 radical (unpaired) electrons. The summed E-state index contributed by atoms with van der Waals surface area (Å²) in [5.74, 6) is -0.597. The minimum absolute atomic E-state index is 0.490. The first kappa shape index (κ1) is 15.1. The molecule has 0 saturated heterocycles. The number of benzene rings is 1. The van der Waals surface area contributed by atoms with Crippen molar-refractivity contribution in [1.29, 1.82) is 0 Å². The van der Waals surface area contributed by atoms with Crippen molar-refractivity contribution in [1.82, 2.24) is 0 Å². The predicted octanol–water partition coefficient (Wildman–Crippen LogP) is 2.12. The van der Waals surface area contributed by atoms with Gasteiger partial charge in [-0.15, -0.1) is 0 Å². The lowest BCUT2D eigenvalue weighted by Gasteiger charge is -2.18. The van der Waals surface area contributed by atoms with E-state index in [2.05, 4.69) is 10.0 Å². The molecule has 1 aromatic rings. The highest BCUT2D eigenvalue weighted by molar-refractivity contribution is 5.39. The summed E-state index contributed by atoms with van der Waals surface area (Å²) in [6.07, 6.45) is -8.06. The monoisotopic (exact) mass is 277 g/mol. The second-order valence-corrected chi connectivity index (χ2v) is 3.70. The van der Waals surface area contributed by atoms with Gasteiger partial charge in [0.15, 0.2) is 0 Å². The van der Waals surface area contributed by atoms with Crippen LogP contribution in [0.3, 0.4) is 0 Å². The Balaban J connectivity index is 3.08. The van der Waals surface area contributed by atoms with E-state index >= 15 is 0 Å². The average Bonchev–Trinajstić information content (AvgIpc) is 2.34. The van der Waals surface area contributed by atoms with Crippen LogP contribution < -0.4 is 0 Å². The average molecular weight is 277 g/mol. The van der Waals surface area contributed by atoms with Crippen LogP contribution in [0, 0.1) is 0 Å². The molecule has 0 heterocycles. The van der Waals surface area contributed by atoms with E-state index in [1.165, 1.54) is 0 Å². The van der Waals surface area contributed by atoms with Gasteiger partial charge in [0.05, 0.1) is 18.2 Å². The third-order valence-corrected chi connectivity index (χ3v) is 2.37. The minimum Gasteiger partial charge on any atom is -0.508 e. The highest BCUT2D eigenvalue weighted by atomic mass is 19.4. The Morgan fingerprint density at radius 2 is 1.95 bits per heavy atom. The lowest BCUT2D eigenvalue weighted by Crippen LogP contribution is -2.21. The number of phenolic OH excluding ortho intramolecular Hbond substituents is 1. The quantitative estimate of drug-likeness (QED) is 0.445. The van der Waals surface area contributed by atoms with E-state index in [-0.39, 0.29) is 0 Å². The number of aliphatic hydroxyl groups excluding tert-OH is 2. The Labute approximate surface area is 105 Å². The Morgan fingerprint density at radius 1 is 1.32 bits per heavy atom. The van der Waals surface area contributed by atoms with Crippen LogP contribution in [-0.4, -0.2) is 28.0 Å². The third-order valence-electron chi connectivity index (χ3n) is 2.37. The van der Waals surface area contributed by atoms with Crippen molar-refractivity contribution in [3.8, 4) is 5.75 Å². The second-order valence-electron chi connectivity index (χ2n) is 3.70. The molecule has 0 aliphatic rings. The SMILES string of the molecule is [N-]=[N+]=NCC(O)C(O)c1cc(C(F)(F)F)ccc1O. The van der Waals surface area contributed by atoms with Gasteiger partial charge in [-0.25, -0.2) is 0 Å². The van der Waals surface area contributed by atoms with Gasteiger partial charge in [-0.1, -0.05) is 5.11 Å². The molecule has 0 amide bonds. The molecule has 1 aromatic carbocycles. The van der Waals surface area contributed by atoms with Gasteiger partial charge in [-0.2, -0.15) is 13.2 Å². The molecule has 6 nitrogen and oxygen atoms in total. The Morgan fingerprint density at radius 3 is 2.47 bits per heavy atom. The predicted molar refractivity (Wildman–Crippen MR) is 58.1 cm³/mol. The van der Waals surface area contributed by atoms with Crippen LogP contribution >= 0.6 is 0 Å². The van der Waals surface area contributed by atoms with Crippen LogP contribution in [-0.2, 0) is 6.18 Å². The number of nitrogens with zero attached hydrogens (tertiary/aromatic N) is 3. The topological polar surface area (TPSA) is 109 Å². The fourth-order valence-electron chi connectivity index (χ4n) is 1.40. The van der Waals surface area contributed by atoms with Crippen molar-refractivity contribution in [2.45, 2.75) is 18.4 Å². The number of phenols is 1. The first-order valence-electron chi connectivity index (χ1n) is 5.04. The molecule has 0 aromatic heterocycles. The van der Waals surface area contributed by atoms with Crippen molar-refractivity contribution < 1.29 is 28.5 Å². The maximum Gasteiger partial charge on any atom is 0.416 e. The van der Waals surface area contributed by atoms with Crippen molar-refractivity contribution in [3.05, 3.63) is 39.8 Å². The molecule has 19 heavy (non-hydrogen) atoms. The van der Waals surface area contributed by atoms with Gasteiger partial charge in [0.2, 0.25) is 0 Å². The van der Waals surface area contributed by atoms with Gasteiger partial charge in [0.1, 0.15) is 11.9 Å². The molecule has 3 N–H and O–H groups in total. The molecule has 0 fully saturated rings. The van der Waals surface area contributed by atoms with E-state index in [0.29, 0.717) is 12.1 Å². The van der Waals surface area contributed by atoms with Crippen LogP contribution in [0.5, 0.6) is 5.75 Å². The number of halogens is 3. The van der Waals surface area contributed by atoms with E-state index < -0.39 is 41.8 Å². The number of azide groups is 1. The zero-order chi connectivity index (χ0) is 14.6. The summed E-state index contributed by atoms with van der Waals surface area (Å²) in [5.41, 5.74) is 6.48. The summed E-state index contributed by atoms with van der Waals surface area (Å²) in [5, 5.41) is 31.4. The van der Waals surface area contributed by atoms with Crippen molar-refractivity contribution in [3.63, 3.8) is 0 Å². The van der Waals surface area contributed by atoms with Gasteiger partial charge in [-0.05, 0) is 23.7 Å². The smallest absolute Gasteiger partial charge is 0.416 e. The van der Waals surface area contributed by atoms with Gasteiger partial charge in [-0.3, -0.25) is 0 Å². The third kappa shape index (κ3) is 3.75. The number of hydrogen-bond acceptors (Lipinski definition) is 4.